The average Bonchev–Trinajstić information content (AvgIpc) is 3.17. The first-order chi connectivity index (χ1) is 15.2. The number of carbonyl (C=O) groups is 1. The minimum Gasteiger partial charge on any atom is -0.493 e. The lowest BCUT2D eigenvalue weighted by Gasteiger charge is -2.28. The molecule has 0 saturated carbocycles. The van der Waals surface area contributed by atoms with Gasteiger partial charge in [0.05, 0.1) is 19.8 Å². The Kier molecular flexibility index (Phi) is 5.29. The zero-order valence-electron chi connectivity index (χ0n) is 17.6. The topological polar surface area (TPSA) is 62.8 Å². The third-order valence-corrected chi connectivity index (χ3v) is 7.05. The number of anilines is 1. The number of hydrogen-bond acceptors (Lipinski definition) is 6. The lowest BCUT2D eigenvalue weighted by molar-refractivity contribution is 0.0934. The summed E-state index contributed by atoms with van der Waals surface area (Å²) >= 11 is 1.70. The number of thiophene rings is 1. The molecule has 2 aromatic carbocycles. The zero-order valence-corrected chi connectivity index (χ0v) is 18.4. The van der Waals surface area contributed by atoms with Crippen molar-refractivity contribution in [2.45, 2.75) is 25.7 Å². The summed E-state index contributed by atoms with van der Waals surface area (Å²) in [6.45, 7) is 2.76. The molecular weight excluding hydrogens is 410 g/mol. The van der Waals surface area contributed by atoms with Crippen LogP contribution in [0.25, 0.3) is 0 Å². The smallest absolute Gasteiger partial charge is 0.256 e. The van der Waals surface area contributed by atoms with E-state index in [4.69, 9.17) is 9.47 Å². The summed E-state index contributed by atoms with van der Waals surface area (Å²) in [4.78, 5) is 16.8. The van der Waals surface area contributed by atoms with Crippen molar-refractivity contribution in [1.82, 2.24) is 10.2 Å². The minimum atomic E-state index is -0.305. The van der Waals surface area contributed by atoms with Crippen LogP contribution in [0.1, 0.15) is 38.1 Å². The molecule has 2 N–H and O–H groups in total. The van der Waals surface area contributed by atoms with Gasteiger partial charge in [0.2, 0.25) is 0 Å². The highest BCUT2D eigenvalue weighted by molar-refractivity contribution is 7.16. The Hall–Kier alpha value is -3.03. The quantitative estimate of drug-likeness (QED) is 0.630. The second-order valence-electron chi connectivity index (χ2n) is 7.82. The van der Waals surface area contributed by atoms with E-state index in [1.54, 1.807) is 25.6 Å². The highest BCUT2D eigenvalue weighted by Gasteiger charge is 2.33. The zero-order chi connectivity index (χ0) is 21.4. The van der Waals surface area contributed by atoms with Gasteiger partial charge < -0.3 is 20.1 Å². The molecule has 0 spiro atoms. The van der Waals surface area contributed by atoms with Crippen LogP contribution in [0.15, 0.2) is 48.5 Å². The SMILES string of the molecule is COc1ccc(C2NC(=O)c3c(sc4c3CCN(Cc3ccccc3)C4)N2)cc1OC. The van der Waals surface area contributed by atoms with Gasteiger partial charge in [0, 0.05) is 24.5 Å². The Labute approximate surface area is 185 Å². The fraction of sp³-hybridized carbons (Fsp3) is 0.292. The van der Waals surface area contributed by atoms with Crippen molar-refractivity contribution < 1.29 is 14.3 Å². The van der Waals surface area contributed by atoms with Gasteiger partial charge in [-0.05, 0) is 35.2 Å². The van der Waals surface area contributed by atoms with Crippen LogP contribution in [0.2, 0.25) is 0 Å². The van der Waals surface area contributed by atoms with Crippen LogP contribution in [0.5, 0.6) is 11.5 Å². The Morgan fingerprint density at radius 1 is 1.06 bits per heavy atom. The molecule has 3 aromatic rings. The van der Waals surface area contributed by atoms with Crippen LogP contribution < -0.4 is 20.1 Å². The van der Waals surface area contributed by atoms with Crippen LogP contribution in [0.3, 0.4) is 0 Å². The maximum Gasteiger partial charge on any atom is 0.256 e. The van der Waals surface area contributed by atoms with E-state index >= 15 is 0 Å². The molecule has 0 saturated heterocycles. The summed E-state index contributed by atoms with van der Waals surface area (Å²) in [5.74, 6) is 1.30. The number of carbonyl (C=O) groups excluding carboxylic acids is 1. The number of amides is 1. The van der Waals surface area contributed by atoms with E-state index in [2.05, 4.69) is 39.8 Å². The van der Waals surface area contributed by atoms with E-state index in [0.717, 1.165) is 42.2 Å². The Bertz CT molecular complexity index is 1110. The maximum absolute atomic E-state index is 13.0. The van der Waals surface area contributed by atoms with Gasteiger partial charge in [0.15, 0.2) is 11.5 Å². The van der Waals surface area contributed by atoms with Gasteiger partial charge in [-0.25, -0.2) is 0 Å². The molecule has 1 atom stereocenters. The molecule has 1 aromatic heterocycles. The van der Waals surface area contributed by atoms with Crippen molar-refractivity contribution in [2.24, 2.45) is 0 Å². The molecule has 0 aliphatic carbocycles. The van der Waals surface area contributed by atoms with E-state index < -0.39 is 0 Å². The first-order valence-electron chi connectivity index (χ1n) is 10.4. The molecule has 0 radical (unpaired) electrons. The number of methoxy groups -OCH3 is 2. The second-order valence-corrected chi connectivity index (χ2v) is 8.92. The lowest BCUT2D eigenvalue weighted by atomic mass is 10.00. The molecule has 2 aliphatic heterocycles. The summed E-state index contributed by atoms with van der Waals surface area (Å²) in [6.07, 6.45) is 0.588. The molecule has 5 rings (SSSR count). The monoisotopic (exact) mass is 435 g/mol. The largest absolute Gasteiger partial charge is 0.493 e. The second kappa shape index (κ2) is 8.24. The number of benzene rings is 2. The Morgan fingerprint density at radius 3 is 2.65 bits per heavy atom. The van der Waals surface area contributed by atoms with Gasteiger partial charge in [-0.1, -0.05) is 36.4 Å². The van der Waals surface area contributed by atoms with E-state index in [1.165, 1.54) is 16.0 Å². The van der Waals surface area contributed by atoms with Crippen molar-refractivity contribution in [2.75, 3.05) is 26.1 Å². The number of rotatable bonds is 5. The molecular formula is C24H25N3O3S. The molecule has 2 aliphatic rings. The molecule has 31 heavy (non-hydrogen) atoms. The predicted molar refractivity (Wildman–Crippen MR) is 122 cm³/mol. The van der Waals surface area contributed by atoms with E-state index in [1.807, 2.05) is 24.3 Å². The van der Waals surface area contributed by atoms with Crippen LogP contribution in [-0.2, 0) is 19.5 Å². The molecule has 1 amide bonds. The number of nitrogens with one attached hydrogen (secondary N) is 2. The molecule has 7 heteroatoms. The van der Waals surface area contributed by atoms with Gasteiger partial charge in [-0.2, -0.15) is 0 Å². The highest BCUT2D eigenvalue weighted by Crippen LogP contribution is 2.41. The minimum absolute atomic E-state index is 0.0115. The number of hydrogen-bond donors (Lipinski definition) is 2. The number of fused-ring (bicyclic) bond motifs is 3. The van der Waals surface area contributed by atoms with Crippen molar-refractivity contribution in [3.63, 3.8) is 0 Å². The van der Waals surface area contributed by atoms with Gasteiger partial charge in [-0.3, -0.25) is 9.69 Å². The van der Waals surface area contributed by atoms with Gasteiger partial charge in [0.25, 0.3) is 5.91 Å². The van der Waals surface area contributed by atoms with Crippen LogP contribution >= 0.6 is 11.3 Å². The Balaban J connectivity index is 1.38. The normalized spacial score (nSPS) is 17.9. The molecule has 1 unspecified atom stereocenters. The molecule has 6 nitrogen and oxygen atoms in total. The molecule has 0 bridgehead atoms. The fourth-order valence-electron chi connectivity index (χ4n) is 4.34. The molecule has 0 fully saturated rings. The lowest BCUT2D eigenvalue weighted by Crippen LogP contribution is -2.38. The molecule has 160 valence electrons. The summed E-state index contributed by atoms with van der Waals surface area (Å²) in [7, 11) is 3.23. The summed E-state index contributed by atoms with van der Waals surface area (Å²) < 4.78 is 10.8. The number of nitrogens with zero attached hydrogens (tertiary/aromatic N) is 1. The summed E-state index contributed by atoms with van der Waals surface area (Å²) in [5, 5.41) is 7.59. The van der Waals surface area contributed by atoms with Crippen LogP contribution in [0, 0.1) is 0 Å². The predicted octanol–water partition coefficient (Wildman–Crippen LogP) is 4.18. The van der Waals surface area contributed by atoms with Crippen molar-refractivity contribution in [1.29, 1.82) is 0 Å². The average molecular weight is 436 g/mol. The standard InChI is InChI=1S/C24H25N3O3S/c1-29-18-9-8-16(12-19(18)30-2)22-25-23(28)21-17-10-11-27(13-15-6-4-3-5-7-15)14-20(17)31-24(21)26-22/h3-9,12,22,26H,10-11,13-14H2,1-2H3,(H,25,28). The van der Waals surface area contributed by atoms with Gasteiger partial charge in [0.1, 0.15) is 11.2 Å². The first kappa shape index (κ1) is 19.9. The van der Waals surface area contributed by atoms with Crippen molar-refractivity contribution in [3.8, 4) is 11.5 Å². The van der Waals surface area contributed by atoms with E-state index in [9.17, 15) is 4.79 Å². The van der Waals surface area contributed by atoms with E-state index in [0.29, 0.717) is 11.5 Å². The van der Waals surface area contributed by atoms with Crippen molar-refractivity contribution >= 4 is 22.2 Å². The highest BCUT2D eigenvalue weighted by atomic mass is 32.1. The first-order valence-corrected chi connectivity index (χ1v) is 11.2. The van der Waals surface area contributed by atoms with Crippen molar-refractivity contribution in [3.05, 3.63) is 75.7 Å². The fourth-order valence-corrected chi connectivity index (χ4v) is 5.66. The summed E-state index contributed by atoms with van der Waals surface area (Å²) in [6, 6.07) is 16.2. The maximum atomic E-state index is 13.0. The van der Waals surface area contributed by atoms with Gasteiger partial charge >= 0.3 is 0 Å². The van der Waals surface area contributed by atoms with E-state index in [-0.39, 0.29) is 12.1 Å². The molecule has 3 heterocycles. The van der Waals surface area contributed by atoms with Crippen LogP contribution in [0.4, 0.5) is 5.00 Å². The Morgan fingerprint density at radius 2 is 1.87 bits per heavy atom. The number of ether oxygens (including phenoxy) is 2. The third-order valence-electron chi connectivity index (χ3n) is 5.90. The van der Waals surface area contributed by atoms with Gasteiger partial charge in [-0.15, -0.1) is 11.3 Å². The van der Waals surface area contributed by atoms with Crippen LogP contribution in [-0.4, -0.2) is 31.6 Å². The summed E-state index contributed by atoms with van der Waals surface area (Å²) in [5.41, 5.74) is 4.25. The third kappa shape index (κ3) is 3.75.